The van der Waals surface area contributed by atoms with Gasteiger partial charge in [0.05, 0.1) is 0 Å². The van der Waals surface area contributed by atoms with E-state index >= 15 is 0 Å². The quantitative estimate of drug-likeness (QED) is 0.339. The Kier molecular flexibility index (Phi) is 7.21. The van der Waals surface area contributed by atoms with Crippen molar-refractivity contribution in [2.75, 3.05) is 0 Å². The summed E-state index contributed by atoms with van der Waals surface area (Å²) in [5.74, 6) is -15.8. The fourth-order valence-corrected chi connectivity index (χ4v) is 1.18. The molecule has 3 unspecified atom stereocenters. The predicted molar refractivity (Wildman–Crippen MR) is 52.5 cm³/mol. The summed E-state index contributed by atoms with van der Waals surface area (Å²) in [6.07, 6.45) is -46.2. The van der Waals surface area contributed by atoms with E-state index < -0.39 is 53.7 Å². The van der Waals surface area contributed by atoms with Crippen molar-refractivity contribution < 1.29 is 93.6 Å². The van der Waals surface area contributed by atoms with Crippen LogP contribution in [-0.2, 0) is 9.47 Å². The molecule has 0 amide bonds. The molecule has 31 heavy (non-hydrogen) atoms. The average Bonchev–Trinajstić information content (AvgIpc) is 2.41. The van der Waals surface area contributed by atoms with Crippen LogP contribution in [0.5, 0.6) is 0 Å². The van der Waals surface area contributed by atoms with Crippen molar-refractivity contribution in [1.82, 2.24) is 0 Å². The van der Waals surface area contributed by atoms with Gasteiger partial charge in [-0.1, -0.05) is 11.6 Å². The van der Waals surface area contributed by atoms with Crippen molar-refractivity contribution >= 4 is 11.6 Å². The number of hydrogen-bond donors (Lipinski definition) is 0. The molecule has 0 rings (SSSR count). The number of ether oxygens (including phenoxy) is 2. The van der Waals surface area contributed by atoms with Crippen molar-refractivity contribution in [2.45, 2.75) is 53.7 Å². The first-order chi connectivity index (χ1) is 12.9. The van der Waals surface area contributed by atoms with Crippen molar-refractivity contribution in [3.63, 3.8) is 0 Å². The standard InChI is InChI=1S/C9ClF18O3/c10-1(11,4(14,15)16)7(23,24)31-9(27,28)3(13,6(20,21)22)30-8(25,26)2(12,29)5(17,18)19/q-1. The normalized spacial score (nSPS) is 21.3. The molecule has 0 aromatic heterocycles. The molecule has 0 aromatic carbocycles. The third-order valence-corrected chi connectivity index (χ3v) is 3.16. The minimum Gasteiger partial charge on any atom is -0.811 e. The molecule has 0 saturated carbocycles. The number of rotatable bonds is 7. The van der Waals surface area contributed by atoms with Crippen LogP contribution < -0.4 is 5.11 Å². The summed E-state index contributed by atoms with van der Waals surface area (Å²) in [7, 11) is 0. The summed E-state index contributed by atoms with van der Waals surface area (Å²) in [6, 6.07) is 0. The molecule has 0 bridgehead atoms. The molecule has 188 valence electrons. The van der Waals surface area contributed by atoms with Gasteiger partial charge >= 0.3 is 47.8 Å². The maximum atomic E-state index is 13.6. The second kappa shape index (κ2) is 7.47. The monoisotopic (exact) mass is 533 g/mol. The molecule has 0 saturated heterocycles. The highest BCUT2D eigenvalue weighted by molar-refractivity contribution is 6.24. The molecule has 0 aliphatic rings. The molecule has 0 N–H and O–H groups in total. The first-order valence-corrected chi connectivity index (χ1v) is 6.49. The van der Waals surface area contributed by atoms with E-state index in [4.69, 9.17) is 0 Å². The molecular weight excluding hydrogens is 534 g/mol. The van der Waals surface area contributed by atoms with Crippen LogP contribution in [0.4, 0.5) is 79.0 Å². The van der Waals surface area contributed by atoms with E-state index in [9.17, 15) is 84.1 Å². The first kappa shape index (κ1) is 29.9. The Hall–Kier alpha value is -1.09. The van der Waals surface area contributed by atoms with Gasteiger partial charge in [0.2, 0.25) is 5.85 Å². The molecule has 0 fully saturated rings. The minimum atomic E-state index is -8.13. The Bertz CT molecular complexity index is 647. The van der Waals surface area contributed by atoms with Gasteiger partial charge in [-0.15, -0.1) is 0 Å². The van der Waals surface area contributed by atoms with Gasteiger partial charge in [0.1, 0.15) is 0 Å². The maximum Gasteiger partial charge on any atom is 0.458 e. The molecule has 0 aromatic rings. The Balaban J connectivity index is 6.55. The van der Waals surface area contributed by atoms with Crippen LogP contribution in [0.3, 0.4) is 0 Å². The Labute approximate surface area is 160 Å². The zero-order valence-electron chi connectivity index (χ0n) is 12.9. The summed E-state index contributed by atoms with van der Waals surface area (Å²) in [5, 5.41) is 3.27. The predicted octanol–water partition coefficient (Wildman–Crippen LogP) is 5.08. The van der Waals surface area contributed by atoms with Crippen LogP contribution in [0.25, 0.3) is 0 Å². The zero-order valence-corrected chi connectivity index (χ0v) is 13.7. The third-order valence-electron chi connectivity index (χ3n) is 2.72. The summed E-state index contributed by atoms with van der Waals surface area (Å²) in [5.41, 5.74) is 0. The fraction of sp³-hybridized carbons (Fsp3) is 1.00. The average molecular weight is 534 g/mol. The molecular formula is C9ClF18O3-. The van der Waals surface area contributed by atoms with E-state index in [0.717, 1.165) is 0 Å². The third kappa shape index (κ3) is 4.97. The smallest absolute Gasteiger partial charge is 0.458 e. The van der Waals surface area contributed by atoms with Gasteiger partial charge in [0.15, 0.2) is 0 Å². The van der Waals surface area contributed by atoms with E-state index in [1.807, 2.05) is 0 Å². The zero-order chi connectivity index (χ0) is 25.9. The van der Waals surface area contributed by atoms with Crippen LogP contribution >= 0.6 is 11.6 Å². The van der Waals surface area contributed by atoms with Crippen LogP contribution in [0.1, 0.15) is 0 Å². The summed E-state index contributed by atoms with van der Waals surface area (Å²) < 4.78 is 229. The SMILES string of the molecule is [O-]C(F)(C(F)(F)F)C(F)(F)OC(F)(C(F)(F)F)C(F)(F)OC(F)(F)C(F)(Cl)C(F)(F)F. The molecule has 0 radical (unpaired) electrons. The van der Waals surface area contributed by atoms with Gasteiger partial charge in [0.25, 0.3) is 0 Å². The Morgan fingerprint density at radius 3 is 1.06 bits per heavy atom. The number of hydrogen-bond acceptors (Lipinski definition) is 3. The number of halogens is 19. The highest BCUT2D eigenvalue weighted by Gasteiger charge is 2.84. The Morgan fingerprint density at radius 2 is 0.806 bits per heavy atom. The van der Waals surface area contributed by atoms with Crippen molar-refractivity contribution in [3.8, 4) is 0 Å². The molecule has 0 spiro atoms. The van der Waals surface area contributed by atoms with Gasteiger partial charge in [-0.3, -0.25) is 4.74 Å². The lowest BCUT2D eigenvalue weighted by molar-refractivity contribution is -0.663. The minimum absolute atomic E-state index is 1.20. The highest BCUT2D eigenvalue weighted by Crippen LogP contribution is 2.57. The van der Waals surface area contributed by atoms with E-state index in [-0.39, 0.29) is 0 Å². The van der Waals surface area contributed by atoms with E-state index in [2.05, 4.69) is 11.6 Å². The topological polar surface area (TPSA) is 41.5 Å². The van der Waals surface area contributed by atoms with Crippen LogP contribution in [0, 0.1) is 0 Å². The summed E-state index contributed by atoms with van der Waals surface area (Å²) in [6.45, 7) is 0. The van der Waals surface area contributed by atoms with E-state index in [1.54, 1.807) is 0 Å². The lowest BCUT2D eigenvalue weighted by Gasteiger charge is -2.44. The van der Waals surface area contributed by atoms with Crippen LogP contribution in [0.15, 0.2) is 0 Å². The highest BCUT2D eigenvalue weighted by atomic mass is 35.5. The molecule has 22 heteroatoms. The molecule has 0 aliphatic heterocycles. The number of alkyl halides is 19. The van der Waals surface area contributed by atoms with Crippen molar-refractivity contribution in [1.29, 1.82) is 0 Å². The summed E-state index contributed by atoms with van der Waals surface area (Å²) >= 11 is 3.49. The van der Waals surface area contributed by atoms with Gasteiger partial charge in [0, 0.05) is 0 Å². The van der Waals surface area contributed by atoms with Crippen molar-refractivity contribution in [2.24, 2.45) is 0 Å². The molecule has 0 aliphatic carbocycles. The second-order valence-corrected chi connectivity index (χ2v) is 5.53. The van der Waals surface area contributed by atoms with Crippen LogP contribution in [-0.4, -0.2) is 53.7 Å². The van der Waals surface area contributed by atoms with Gasteiger partial charge in [-0.25, -0.2) is 13.5 Å². The molecule has 3 atom stereocenters. The Morgan fingerprint density at radius 1 is 0.452 bits per heavy atom. The van der Waals surface area contributed by atoms with Crippen molar-refractivity contribution in [3.05, 3.63) is 0 Å². The lowest BCUT2D eigenvalue weighted by atomic mass is 10.2. The second-order valence-electron chi connectivity index (χ2n) is 5.01. The molecule has 0 heterocycles. The van der Waals surface area contributed by atoms with Gasteiger partial charge in [-0.2, -0.15) is 70.2 Å². The van der Waals surface area contributed by atoms with Gasteiger partial charge < -0.3 is 5.11 Å². The van der Waals surface area contributed by atoms with Crippen LogP contribution in [0.2, 0.25) is 0 Å². The summed E-state index contributed by atoms with van der Waals surface area (Å²) in [4.78, 5) is 0. The van der Waals surface area contributed by atoms with E-state index in [0.29, 0.717) is 0 Å². The van der Waals surface area contributed by atoms with Gasteiger partial charge in [-0.05, 0) is 0 Å². The lowest BCUT2D eigenvalue weighted by Crippen LogP contribution is -2.71. The maximum absolute atomic E-state index is 13.6. The largest absolute Gasteiger partial charge is 0.811 e. The first-order valence-electron chi connectivity index (χ1n) is 6.11. The fourth-order valence-electron chi connectivity index (χ4n) is 1.15. The van der Waals surface area contributed by atoms with E-state index in [1.165, 1.54) is 9.47 Å². The molecule has 3 nitrogen and oxygen atoms in total.